The van der Waals surface area contributed by atoms with Crippen molar-refractivity contribution in [3.8, 4) is 5.75 Å². The number of nitroso groups, excluding NO2 is 1. The molecule has 0 aromatic heterocycles. The van der Waals surface area contributed by atoms with Crippen LogP contribution in [0.2, 0.25) is 0 Å². The Morgan fingerprint density at radius 2 is 2.18 bits per heavy atom. The van der Waals surface area contributed by atoms with E-state index < -0.39 is 12.0 Å². The summed E-state index contributed by atoms with van der Waals surface area (Å²) in [5, 5.41) is 15.3. The van der Waals surface area contributed by atoms with Gasteiger partial charge in [0.25, 0.3) is 5.91 Å². The van der Waals surface area contributed by atoms with E-state index in [1.807, 2.05) is 0 Å². The summed E-state index contributed by atoms with van der Waals surface area (Å²) in [6.45, 7) is 0. The van der Waals surface area contributed by atoms with Gasteiger partial charge >= 0.3 is 0 Å². The fourth-order valence-electron chi connectivity index (χ4n) is 1.59. The van der Waals surface area contributed by atoms with Gasteiger partial charge in [-0.25, -0.2) is 0 Å². The van der Waals surface area contributed by atoms with Crippen molar-refractivity contribution >= 4 is 11.6 Å². The Morgan fingerprint density at radius 1 is 1.47 bits per heavy atom. The zero-order valence-electron chi connectivity index (χ0n) is 8.87. The zero-order chi connectivity index (χ0) is 12.3. The van der Waals surface area contributed by atoms with Crippen LogP contribution < -0.4 is 0 Å². The van der Waals surface area contributed by atoms with Gasteiger partial charge in [-0.15, -0.1) is 4.91 Å². The topological polar surface area (TPSA) is 88.3 Å². The van der Waals surface area contributed by atoms with Crippen molar-refractivity contribution in [1.82, 2.24) is 0 Å². The summed E-state index contributed by atoms with van der Waals surface area (Å²) in [5.41, 5.74) is 1.51. The van der Waals surface area contributed by atoms with E-state index in [4.69, 9.17) is 9.94 Å². The summed E-state index contributed by atoms with van der Waals surface area (Å²) in [4.78, 5) is 25.8. The number of phenolic OH excluding ortho intramolecular Hbond substituents is 1. The molecule has 1 atom stereocenters. The lowest BCUT2D eigenvalue weighted by Crippen LogP contribution is -2.12. The van der Waals surface area contributed by atoms with E-state index in [9.17, 15) is 9.70 Å². The number of oxime groups is 1. The summed E-state index contributed by atoms with van der Waals surface area (Å²) in [7, 11) is 0. The van der Waals surface area contributed by atoms with Gasteiger partial charge in [0.2, 0.25) is 0 Å². The van der Waals surface area contributed by atoms with Crippen LogP contribution in [0.3, 0.4) is 0 Å². The highest BCUT2D eigenvalue weighted by atomic mass is 16.6. The molecule has 0 saturated heterocycles. The monoisotopic (exact) mass is 234 g/mol. The van der Waals surface area contributed by atoms with Crippen molar-refractivity contribution in [1.29, 1.82) is 0 Å². The van der Waals surface area contributed by atoms with Gasteiger partial charge in [0, 0.05) is 11.6 Å². The molecule has 1 aliphatic heterocycles. The molecule has 0 fully saturated rings. The van der Waals surface area contributed by atoms with E-state index in [1.165, 1.54) is 0 Å². The fourth-order valence-corrected chi connectivity index (χ4v) is 1.59. The number of nitrogens with zero attached hydrogens (tertiary/aromatic N) is 2. The molecule has 1 N–H and O–H groups in total. The first-order chi connectivity index (χ1) is 8.19. The number of benzene rings is 1. The van der Waals surface area contributed by atoms with Gasteiger partial charge in [-0.3, -0.25) is 4.79 Å². The van der Waals surface area contributed by atoms with Crippen molar-refractivity contribution in [3.63, 3.8) is 0 Å². The predicted molar refractivity (Wildman–Crippen MR) is 59.6 cm³/mol. The van der Waals surface area contributed by atoms with Gasteiger partial charge in [-0.2, -0.15) is 0 Å². The SMILES string of the molecule is O=NC(=O)CC1CC(c2ccc(O)cc2)=NO1. The lowest BCUT2D eigenvalue weighted by atomic mass is 10.0. The minimum Gasteiger partial charge on any atom is -0.508 e. The van der Waals surface area contributed by atoms with Crippen LogP contribution in [0.15, 0.2) is 34.6 Å². The second-order valence-corrected chi connectivity index (χ2v) is 3.71. The molecule has 0 saturated carbocycles. The Kier molecular flexibility index (Phi) is 3.13. The molecule has 0 radical (unpaired) electrons. The molecule has 1 amide bonds. The van der Waals surface area contributed by atoms with E-state index in [0.717, 1.165) is 5.56 Å². The van der Waals surface area contributed by atoms with E-state index >= 15 is 0 Å². The normalized spacial score (nSPS) is 18.4. The second-order valence-electron chi connectivity index (χ2n) is 3.71. The molecule has 1 unspecified atom stereocenters. The molecular weight excluding hydrogens is 224 g/mol. The number of rotatable bonds is 3. The van der Waals surface area contributed by atoms with Crippen LogP contribution in [0.5, 0.6) is 5.75 Å². The maximum Gasteiger partial charge on any atom is 0.290 e. The fraction of sp³-hybridized carbons (Fsp3) is 0.273. The van der Waals surface area contributed by atoms with Gasteiger partial charge in [0.1, 0.15) is 11.9 Å². The molecule has 2 rings (SSSR count). The summed E-state index contributed by atoms with van der Waals surface area (Å²) < 4.78 is 0. The van der Waals surface area contributed by atoms with Crippen LogP contribution in [-0.2, 0) is 9.63 Å². The third kappa shape index (κ3) is 2.66. The van der Waals surface area contributed by atoms with Crippen molar-refractivity contribution in [2.75, 3.05) is 0 Å². The van der Waals surface area contributed by atoms with Gasteiger partial charge in [0.05, 0.1) is 12.1 Å². The minimum absolute atomic E-state index is 0.0609. The summed E-state index contributed by atoms with van der Waals surface area (Å²) in [6.07, 6.45) is -0.0373. The molecule has 6 heteroatoms. The summed E-state index contributed by atoms with van der Waals surface area (Å²) in [5.74, 6) is -0.567. The Labute approximate surface area is 96.9 Å². The number of hydrogen-bond acceptors (Lipinski definition) is 5. The highest BCUT2D eigenvalue weighted by Crippen LogP contribution is 2.20. The minimum atomic E-state index is -0.739. The average molecular weight is 234 g/mol. The highest BCUT2D eigenvalue weighted by Gasteiger charge is 2.24. The lowest BCUT2D eigenvalue weighted by Gasteiger charge is -2.02. The molecule has 0 spiro atoms. The first-order valence-electron chi connectivity index (χ1n) is 5.07. The van der Waals surface area contributed by atoms with Crippen molar-refractivity contribution < 1.29 is 14.7 Å². The van der Waals surface area contributed by atoms with Crippen molar-refractivity contribution in [3.05, 3.63) is 34.7 Å². The third-order valence-electron chi connectivity index (χ3n) is 2.44. The van der Waals surface area contributed by atoms with Crippen LogP contribution in [0.4, 0.5) is 0 Å². The van der Waals surface area contributed by atoms with Crippen molar-refractivity contribution in [2.45, 2.75) is 18.9 Å². The summed E-state index contributed by atoms with van der Waals surface area (Å²) in [6, 6.07) is 6.51. The van der Waals surface area contributed by atoms with Crippen LogP contribution in [0.1, 0.15) is 18.4 Å². The maximum absolute atomic E-state index is 10.8. The van der Waals surface area contributed by atoms with Gasteiger partial charge in [-0.05, 0) is 29.8 Å². The highest BCUT2D eigenvalue weighted by molar-refractivity contribution is 6.01. The average Bonchev–Trinajstić information content (AvgIpc) is 2.78. The first kappa shape index (κ1) is 11.3. The number of carbonyl (C=O) groups excluding carboxylic acids is 1. The van der Waals surface area contributed by atoms with Crippen LogP contribution >= 0.6 is 0 Å². The van der Waals surface area contributed by atoms with Gasteiger partial charge in [0.15, 0.2) is 0 Å². The Bertz CT molecular complexity index is 467. The predicted octanol–water partition coefficient (Wildman–Crippen LogP) is 1.57. The van der Waals surface area contributed by atoms with Crippen LogP contribution in [0.25, 0.3) is 0 Å². The molecule has 88 valence electrons. The number of amides is 1. The number of phenols is 1. The molecule has 1 aromatic carbocycles. The first-order valence-corrected chi connectivity index (χ1v) is 5.07. The van der Waals surface area contributed by atoms with Gasteiger partial charge < -0.3 is 9.94 Å². The number of carbonyl (C=O) groups is 1. The number of aromatic hydroxyl groups is 1. The Balaban J connectivity index is 1.99. The summed E-state index contributed by atoms with van der Waals surface area (Å²) >= 11 is 0. The van der Waals surface area contributed by atoms with E-state index in [-0.39, 0.29) is 12.2 Å². The standard InChI is InChI=1S/C11H10N2O4/c14-8-3-1-7(2-4-8)10-5-9(17-13-10)6-11(15)12-16/h1-4,9,14H,5-6H2. The lowest BCUT2D eigenvalue weighted by molar-refractivity contribution is -0.120. The van der Waals surface area contributed by atoms with Crippen LogP contribution in [-0.4, -0.2) is 22.8 Å². The maximum atomic E-state index is 10.8. The van der Waals surface area contributed by atoms with Crippen LogP contribution in [0, 0.1) is 4.91 Å². The Morgan fingerprint density at radius 3 is 2.82 bits per heavy atom. The van der Waals surface area contributed by atoms with E-state index in [1.54, 1.807) is 24.3 Å². The molecule has 1 aliphatic rings. The quantitative estimate of drug-likeness (QED) is 0.804. The van der Waals surface area contributed by atoms with Gasteiger partial charge in [-0.1, -0.05) is 5.16 Å². The molecule has 17 heavy (non-hydrogen) atoms. The second kappa shape index (κ2) is 4.73. The molecule has 1 heterocycles. The molecular formula is C11H10N2O4. The molecule has 0 bridgehead atoms. The molecule has 1 aromatic rings. The van der Waals surface area contributed by atoms with E-state index in [2.05, 4.69) is 10.3 Å². The molecule has 6 nitrogen and oxygen atoms in total. The molecule has 0 aliphatic carbocycles. The largest absolute Gasteiger partial charge is 0.508 e. The third-order valence-corrected chi connectivity index (χ3v) is 2.44. The number of hydrogen-bond donors (Lipinski definition) is 1. The zero-order valence-corrected chi connectivity index (χ0v) is 8.87. The van der Waals surface area contributed by atoms with Crippen molar-refractivity contribution in [2.24, 2.45) is 10.3 Å². The Hall–Kier alpha value is -2.24. The van der Waals surface area contributed by atoms with E-state index in [0.29, 0.717) is 12.1 Å². The smallest absolute Gasteiger partial charge is 0.290 e.